The molecule has 1 aromatic heterocycles. The molecule has 0 bridgehead atoms. The fraction of sp³-hybridized carbons (Fsp3) is 0.0392. The molecule has 1 heterocycles. The zero-order valence-corrected chi connectivity index (χ0v) is 30.8. The van der Waals surface area contributed by atoms with E-state index in [0.717, 1.165) is 50.8 Å². The lowest BCUT2D eigenvalue weighted by Crippen LogP contribution is -2.09. The van der Waals surface area contributed by atoms with Gasteiger partial charge in [-0.25, -0.2) is 4.98 Å². The number of benzene rings is 8. The molecule has 0 saturated heterocycles. The number of hydrogen-bond donors (Lipinski definition) is 0. The van der Waals surface area contributed by atoms with Crippen LogP contribution in [0.25, 0.3) is 44.8 Å². The number of oxazole rings is 1. The molecule has 0 aliphatic heterocycles. The lowest BCUT2D eigenvalue weighted by Gasteiger charge is -2.26. The highest BCUT2D eigenvalue weighted by molar-refractivity contribution is 5.86. The highest BCUT2D eigenvalue weighted by Gasteiger charge is 2.18. The van der Waals surface area contributed by atoms with E-state index in [1.165, 1.54) is 33.4 Å². The molecule has 264 valence electrons. The predicted molar refractivity (Wildman–Crippen MR) is 229 cm³/mol. The fourth-order valence-electron chi connectivity index (χ4n) is 7.08. The van der Waals surface area contributed by atoms with E-state index in [1.807, 2.05) is 18.2 Å². The molecule has 4 heteroatoms. The first-order valence-electron chi connectivity index (χ1n) is 18.6. The Balaban J connectivity index is 1.03. The van der Waals surface area contributed by atoms with Crippen LogP contribution in [0.1, 0.15) is 11.1 Å². The quantitative estimate of drug-likeness (QED) is 0.149. The summed E-state index contributed by atoms with van der Waals surface area (Å²) in [5, 5.41) is 0. The number of fused-ring (bicyclic) bond motifs is 1. The molecule has 9 rings (SSSR count). The van der Waals surface area contributed by atoms with E-state index in [9.17, 15) is 0 Å². The number of aromatic nitrogens is 1. The van der Waals surface area contributed by atoms with E-state index in [-0.39, 0.29) is 0 Å². The topological polar surface area (TPSA) is 32.5 Å². The van der Waals surface area contributed by atoms with E-state index in [1.54, 1.807) is 0 Å². The van der Waals surface area contributed by atoms with Crippen molar-refractivity contribution in [2.75, 3.05) is 9.80 Å². The summed E-state index contributed by atoms with van der Waals surface area (Å²) in [6.45, 7) is 4.23. The average Bonchev–Trinajstić information content (AvgIpc) is 3.68. The first kappa shape index (κ1) is 33.7. The molecule has 0 fully saturated rings. The molecule has 0 unspecified atom stereocenters. The summed E-state index contributed by atoms with van der Waals surface area (Å²) >= 11 is 0. The minimum absolute atomic E-state index is 0.585. The van der Waals surface area contributed by atoms with E-state index in [0.29, 0.717) is 5.89 Å². The Morgan fingerprint density at radius 3 is 1.13 bits per heavy atom. The highest BCUT2D eigenvalue weighted by Crippen LogP contribution is 2.40. The van der Waals surface area contributed by atoms with E-state index >= 15 is 0 Å². The maximum absolute atomic E-state index is 6.50. The van der Waals surface area contributed by atoms with Crippen LogP contribution in [0.5, 0.6) is 0 Å². The van der Waals surface area contributed by atoms with Crippen molar-refractivity contribution in [3.8, 4) is 33.7 Å². The van der Waals surface area contributed by atoms with Gasteiger partial charge in [-0.2, -0.15) is 0 Å². The number of hydrogen-bond acceptors (Lipinski definition) is 4. The van der Waals surface area contributed by atoms with Crippen molar-refractivity contribution >= 4 is 45.2 Å². The third-order valence-corrected chi connectivity index (χ3v) is 10.1. The molecule has 55 heavy (non-hydrogen) atoms. The second kappa shape index (κ2) is 14.7. The van der Waals surface area contributed by atoms with Crippen molar-refractivity contribution in [3.05, 3.63) is 211 Å². The van der Waals surface area contributed by atoms with Crippen LogP contribution in [-0.4, -0.2) is 4.98 Å². The maximum atomic E-state index is 6.50. The van der Waals surface area contributed by atoms with Gasteiger partial charge in [-0.1, -0.05) is 120 Å². The summed E-state index contributed by atoms with van der Waals surface area (Å²) in [6, 6.07) is 70.4. The van der Waals surface area contributed by atoms with Crippen LogP contribution in [0.3, 0.4) is 0 Å². The molecule has 0 N–H and O–H groups in total. The molecule has 0 saturated carbocycles. The standard InChI is InChI=1S/C51H39N3O/c1-36-13-23-43(24-14-36)53(45-27-17-40(18-28-45)38-9-5-3-6-10-38)46-31-21-42(22-32-46)51-52-49-34-33-48(35-50(49)55-51)54(44-25-15-37(2)16-26-44)47-29-19-41(20-30-47)39-11-7-4-8-12-39/h3-35H,1-2H3. The average molecular weight is 710 g/mol. The molecule has 0 atom stereocenters. The van der Waals surface area contributed by atoms with Crippen molar-refractivity contribution in [1.29, 1.82) is 0 Å². The molecular formula is C51H39N3O. The second-order valence-corrected chi connectivity index (χ2v) is 13.9. The third-order valence-electron chi connectivity index (χ3n) is 10.1. The lowest BCUT2D eigenvalue weighted by atomic mass is 10.0. The Hall–Kier alpha value is -7.17. The fourth-order valence-corrected chi connectivity index (χ4v) is 7.08. The second-order valence-electron chi connectivity index (χ2n) is 13.9. The number of nitrogens with zero attached hydrogens (tertiary/aromatic N) is 3. The largest absolute Gasteiger partial charge is 0.436 e. The summed E-state index contributed by atoms with van der Waals surface area (Å²) in [5.74, 6) is 0.585. The smallest absolute Gasteiger partial charge is 0.227 e. The van der Waals surface area contributed by atoms with Crippen molar-refractivity contribution in [3.63, 3.8) is 0 Å². The maximum Gasteiger partial charge on any atom is 0.227 e. The molecule has 9 aromatic rings. The highest BCUT2D eigenvalue weighted by atomic mass is 16.3. The van der Waals surface area contributed by atoms with Gasteiger partial charge < -0.3 is 14.2 Å². The van der Waals surface area contributed by atoms with Gasteiger partial charge in [-0.05, 0) is 121 Å². The van der Waals surface area contributed by atoms with Gasteiger partial charge in [0.15, 0.2) is 5.58 Å². The molecule has 0 aliphatic rings. The zero-order chi connectivity index (χ0) is 37.1. The Morgan fingerprint density at radius 2 is 0.691 bits per heavy atom. The summed E-state index contributed by atoms with van der Waals surface area (Å²) in [4.78, 5) is 9.47. The monoisotopic (exact) mass is 709 g/mol. The summed E-state index contributed by atoms with van der Waals surface area (Å²) < 4.78 is 6.50. The Labute approximate surface area is 322 Å². The van der Waals surface area contributed by atoms with Crippen molar-refractivity contribution < 1.29 is 4.42 Å². The van der Waals surface area contributed by atoms with Crippen molar-refractivity contribution in [2.45, 2.75) is 13.8 Å². The van der Waals surface area contributed by atoms with Crippen LogP contribution in [0.15, 0.2) is 205 Å². The van der Waals surface area contributed by atoms with Gasteiger partial charge in [0.1, 0.15) is 5.52 Å². The predicted octanol–water partition coefficient (Wildman–Crippen LogP) is 14.4. The third kappa shape index (κ3) is 7.01. The van der Waals surface area contributed by atoms with Gasteiger partial charge in [0, 0.05) is 45.8 Å². The number of anilines is 6. The summed E-state index contributed by atoms with van der Waals surface area (Å²) in [6.07, 6.45) is 0. The summed E-state index contributed by atoms with van der Waals surface area (Å²) in [5.41, 5.74) is 16.0. The summed E-state index contributed by atoms with van der Waals surface area (Å²) in [7, 11) is 0. The Kier molecular flexibility index (Phi) is 8.99. The van der Waals surface area contributed by atoms with Crippen LogP contribution in [0, 0.1) is 13.8 Å². The van der Waals surface area contributed by atoms with Gasteiger partial charge >= 0.3 is 0 Å². The van der Waals surface area contributed by atoms with E-state index in [2.05, 4.69) is 206 Å². The molecule has 0 spiro atoms. The Bertz CT molecular complexity index is 2670. The van der Waals surface area contributed by atoms with E-state index in [4.69, 9.17) is 9.40 Å². The molecule has 0 amide bonds. The Morgan fingerprint density at radius 1 is 0.345 bits per heavy atom. The first-order valence-corrected chi connectivity index (χ1v) is 18.6. The van der Waals surface area contributed by atoms with Gasteiger partial charge in [0.25, 0.3) is 0 Å². The van der Waals surface area contributed by atoms with Crippen LogP contribution in [0.2, 0.25) is 0 Å². The molecule has 0 radical (unpaired) electrons. The van der Waals surface area contributed by atoms with Crippen molar-refractivity contribution in [2.24, 2.45) is 0 Å². The van der Waals surface area contributed by atoms with Crippen LogP contribution < -0.4 is 9.80 Å². The van der Waals surface area contributed by atoms with Gasteiger partial charge in [-0.15, -0.1) is 0 Å². The number of rotatable bonds is 9. The van der Waals surface area contributed by atoms with Gasteiger partial charge in [0.05, 0.1) is 0 Å². The number of aryl methyl sites for hydroxylation is 2. The zero-order valence-electron chi connectivity index (χ0n) is 30.8. The van der Waals surface area contributed by atoms with Crippen LogP contribution in [0.4, 0.5) is 34.1 Å². The van der Waals surface area contributed by atoms with Crippen LogP contribution in [-0.2, 0) is 0 Å². The minimum Gasteiger partial charge on any atom is -0.436 e. The minimum atomic E-state index is 0.585. The molecule has 0 aliphatic carbocycles. The first-order chi connectivity index (χ1) is 27.1. The van der Waals surface area contributed by atoms with Crippen LogP contribution >= 0.6 is 0 Å². The molecule has 8 aromatic carbocycles. The molecular weight excluding hydrogens is 671 g/mol. The van der Waals surface area contributed by atoms with Gasteiger partial charge in [0.2, 0.25) is 5.89 Å². The van der Waals surface area contributed by atoms with Crippen molar-refractivity contribution in [1.82, 2.24) is 4.98 Å². The molecule has 4 nitrogen and oxygen atoms in total. The SMILES string of the molecule is Cc1ccc(N(c2ccc(-c3ccccc3)cc2)c2ccc(-c3nc4ccc(N(c5ccc(C)cc5)c5ccc(-c6ccccc6)cc5)cc4o3)cc2)cc1. The normalized spacial score (nSPS) is 11.1. The van der Waals surface area contributed by atoms with Gasteiger partial charge in [-0.3, -0.25) is 0 Å². The lowest BCUT2D eigenvalue weighted by molar-refractivity contribution is 0.620. The van der Waals surface area contributed by atoms with E-state index < -0.39 is 0 Å².